The number of rotatable bonds is 9. The smallest absolute Gasteiger partial charge is 0.195 e. The maximum absolute atomic E-state index is 13.3. The number of nitrogens with one attached hydrogen (secondary N) is 3. The van der Waals surface area contributed by atoms with Gasteiger partial charge in [-0.2, -0.15) is 0 Å². The SMILES string of the molecule is CN=C(NCCc1c[nH]c2cc(F)ccc12)Nc1cccc(OCCCOC)c1. The van der Waals surface area contributed by atoms with Crippen molar-refractivity contribution < 1.29 is 13.9 Å². The Balaban J connectivity index is 1.51. The van der Waals surface area contributed by atoms with Crippen LogP contribution < -0.4 is 15.4 Å². The molecule has 0 aliphatic carbocycles. The van der Waals surface area contributed by atoms with Crippen molar-refractivity contribution in [3.8, 4) is 5.75 Å². The van der Waals surface area contributed by atoms with Crippen molar-refractivity contribution in [2.75, 3.05) is 39.2 Å². The van der Waals surface area contributed by atoms with E-state index in [-0.39, 0.29) is 5.82 Å². The molecule has 0 saturated heterocycles. The van der Waals surface area contributed by atoms with Crippen molar-refractivity contribution in [3.05, 3.63) is 60.0 Å². The highest BCUT2D eigenvalue weighted by Gasteiger charge is 2.06. The topological polar surface area (TPSA) is 70.7 Å². The number of fused-ring (bicyclic) bond motifs is 1. The number of methoxy groups -OCH3 is 1. The molecule has 6 nitrogen and oxygen atoms in total. The molecule has 0 radical (unpaired) electrons. The molecule has 0 atom stereocenters. The van der Waals surface area contributed by atoms with Crippen LogP contribution >= 0.6 is 0 Å². The molecule has 1 aromatic heterocycles. The van der Waals surface area contributed by atoms with Gasteiger partial charge in [0.25, 0.3) is 0 Å². The van der Waals surface area contributed by atoms with E-state index in [4.69, 9.17) is 9.47 Å². The van der Waals surface area contributed by atoms with Crippen molar-refractivity contribution in [3.63, 3.8) is 0 Å². The van der Waals surface area contributed by atoms with Crippen LogP contribution in [0, 0.1) is 5.82 Å². The first kappa shape index (κ1) is 20.7. The molecule has 0 saturated carbocycles. The molecule has 0 spiro atoms. The molecule has 29 heavy (non-hydrogen) atoms. The van der Waals surface area contributed by atoms with Gasteiger partial charge in [0.15, 0.2) is 5.96 Å². The lowest BCUT2D eigenvalue weighted by Crippen LogP contribution is -2.32. The third-order valence-electron chi connectivity index (χ3n) is 4.50. The van der Waals surface area contributed by atoms with Crippen LogP contribution in [-0.4, -0.2) is 44.9 Å². The Kier molecular flexibility index (Phi) is 7.47. The van der Waals surface area contributed by atoms with Crippen LogP contribution in [-0.2, 0) is 11.2 Å². The summed E-state index contributed by atoms with van der Waals surface area (Å²) in [5, 5.41) is 7.61. The minimum Gasteiger partial charge on any atom is -0.493 e. The van der Waals surface area contributed by atoms with Crippen LogP contribution in [0.4, 0.5) is 10.1 Å². The molecule has 0 bridgehead atoms. The van der Waals surface area contributed by atoms with E-state index in [0.717, 1.165) is 40.7 Å². The standard InChI is InChI=1S/C22H27FN4O2/c1-24-22(27-18-5-3-6-19(14-18)29-12-4-11-28-2)25-10-9-16-15-26-21-13-17(23)7-8-20(16)21/h3,5-8,13-15,26H,4,9-12H2,1-2H3,(H2,24,25,27). The lowest BCUT2D eigenvalue weighted by Gasteiger charge is -2.13. The lowest BCUT2D eigenvalue weighted by atomic mass is 10.1. The summed E-state index contributed by atoms with van der Waals surface area (Å²) in [4.78, 5) is 7.39. The second kappa shape index (κ2) is 10.5. The maximum atomic E-state index is 13.3. The summed E-state index contributed by atoms with van der Waals surface area (Å²) in [6, 6.07) is 12.6. The van der Waals surface area contributed by atoms with E-state index in [1.54, 1.807) is 14.2 Å². The normalized spacial score (nSPS) is 11.6. The van der Waals surface area contributed by atoms with E-state index in [1.807, 2.05) is 36.5 Å². The maximum Gasteiger partial charge on any atom is 0.195 e. The summed E-state index contributed by atoms with van der Waals surface area (Å²) in [6.07, 6.45) is 3.55. The van der Waals surface area contributed by atoms with E-state index in [0.29, 0.717) is 25.7 Å². The molecule has 0 aliphatic heterocycles. The molecule has 2 aromatic carbocycles. The van der Waals surface area contributed by atoms with Crippen molar-refractivity contribution in [1.82, 2.24) is 10.3 Å². The number of hydrogen-bond acceptors (Lipinski definition) is 3. The summed E-state index contributed by atoms with van der Waals surface area (Å²) in [6.45, 7) is 1.98. The summed E-state index contributed by atoms with van der Waals surface area (Å²) in [5.41, 5.74) is 2.84. The number of aliphatic imine (C=N–C) groups is 1. The molecule has 3 N–H and O–H groups in total. The fraction of sp³-hybridized carbons (Fsp3) is 0.318. The second-order valence-electron chi connectivity index (χ2n) is 6.60. The van der Waals surface area contributed by atoms with Gasteiger partial charge in [-0.1, -0.05) is 6.07 Å². The van der Waals surface area contributed by atoms with Gasteiger partial charge in [-0.15, -0.1) is 0 Å². The predicted molar refractivity (Wildman–Crippen MR) is 115 cm³/mol. The highest BCUT2D eigenvalue weighted by molar-refractivity contribution is 5.93. The Morgan fingerprint density at radius 3 is 2.90 bits per heavy atom. The average Bonchev–Trinajstić information content (AvgIpc) is 3.12. The number of benzene rings is 2. The minimum atomic E-state index is -0.237. The zero-order chi connectivity index (χ0) is 20.5. The molecule has 0 aliphatic rings. The molecular formula is C22H27FN4O2. The minimum absolute atomic E-state index is 0.237. The lowest BCUT2D eigenvalue weighted by molar-refractivity contribution is 0.172. The first-order chi connectivity index (χ1) is 14.2. The van der Waals surface area contributed by atoms with E-state index in [9.17, 15) is 4.39 Å². The monoisotopic (exact) mass is 398 g/mol. The third kappa shape index (κ3) is 5.96. The number of H-pyrrole nitrogens is 1. The summed E-state index contributed by atoms with van der Waals surface area (Å²) < 4.78 is 24.1. The molecule has 0 fully saturated rings. The molecule has 1 heterocycles. The first-order valence-electron chi connectivity index (χ1n) is 9.64. The van der Waals surface area contributed by atoms with Gasteiger partial charge in [0.05, 0.1) is 6.61 Å². The van der Waals surface area contributed by atoms with Gasteiger partial charge >= 0.3 is 0 Å². The van der Waals surface area contributed by atoms with Crippen LogP contribution in [0.2, 0.25) is 0 Å². The van der Waals surface area contributed by atoms with E-state index in [2.05, 4.69) is 20.6 Å². The Morgan fingerprint density at radius 2 is 2.07 bits per heavy atom. The van der Waals surface area contributed by atoms with Crippen LogP contribution in [0.25, 0.3) is 10.9 Å². The van der Waals surface area contributed by atoms with Crippen LogP contribution in [0.15, 0.2) is 53.7 Å². The number of nitrogens with zero attached hydrogens (tertiary/aromatic N) is 1. The molecule has 3 rings (SSSR count). The molecular weight excluding hydrogens is 371 g/mol. The van der Waals surface area contributed by atoms with E-state index in [1.165, 1.54) is 12.1 Å². The Labute approximate surface area is 170 Å². The fourth-order valence-corrected chi connectivity index (χ4v) is 3.05. The van der Waals surface area contributed by atoms with Crippen molar-refractivity contribution in [2.24, 2.45) is 4.99 Å². The van der Waals surface area contributed by atoms with Gasteiger partial charge in [0.2, 0.25) is 0 Å². The molecule has 7 heteroatoms. The zero-order valence-electron chi connectivity index (χ0n) is 16.8. The number of hydrogen-bond donors (Lipinski definition) is 3. The van der Waals surface area contributed by atoms with E-state index >= 15 is 0 Å². The third-order valence-corrected chi connectivity index (χ3v) is 4.50. The molecule has 0 amide bonds. The van der Waals surface area contributed by atoms with Gasteiger partial charge in [0.1, 0.15) is 11.6 Å². The highest BCUT2D eigenvalue weighted by Crippen LogP contribution is 2.20. The number of anilines is 1. The Bertz CT molecular complexity index is 955. The summed E-state index contributed by atoms with van der Waals surface area (Å²) in [7, 11) is 3.41. The molecule has 3 aromatic rings. The van der Waals surface area contributed by atoms with Crippen LogP contribution in [0.5, 0.6) is 5.75 Å². The van der Waals surface area contributed by atoms with Crippen molar-refractivity contribution in [1.29, 1.82) is 0 Å². The van der Waals surface area contributed by atoms with Gasteiger partial charge < -0.3 is 25.1 Å². The number of aromatic nitrogens is 1. The number of halogens is 1. The number of ether oxygens (including phenoxy) is 2. The van der Waals surface area contributed by atoms with Gasteiger partial charge in [-0.05, 0) is 42.3 Å². The average molecular weight is 398 g/mol. The molecule has 154 valence electrons. The zero-order valence-corrected chi connectivity index (χ0v) is 16.8. The summed E-state index contributed by atoms with van der Waals surface area (Å²) in [5.74, 6) is 1.23. The van der Waals surface area contributed by atoms with Crippen molar-refractivity contribution in [2.45, 2.75) is 12.8 Å². The quantitative estimate of drug-likeness (QED) is 0.290. The van der Waals surface area contributed by atoms with Gasteiger partial charge in [0, 0.05) is 62.6 Å². The number of guanidine groups is 1. The van der Waals surface area contributed by atoms with Crippen LogP contribution in [0.3, 0.4) is 0 Å². The van der Waals surface area contributed by atoms with Crippen molar-refractivity contribution >= 4 is 22.5 Å². The second-order valence-corrected chi connectivity index (χ2v) is 6.60. The van der Waals surface area contributed by atoms with E-state index < -0.39 is 0 Å². The first-order valence-corrected chi connectivity index (χ1v) is 9.64. The molecule has 0 unspecified atom stereocenters. The Morgan fingerprint density at radius 1 is 1.17 bits per heavy atom. The highest BCUT2D eigenvalue weighted by atomic mass is 19.1. The number of aromatic amines is 1. The summed E-state index contributed by atoms with van der Waals surface area (Å²) >= 11 is 0. The fourth-order valence-electron chi connectivity index (χ4n) is 3.05. The Hall–Kier alpha value is -3.06. The van der Waals surface area contributed by atoms with Gasteiger partial charge in [-0.3, -0.25) is 4.99 Å². The largest absolute Gasteiger partial charge is 0.493 e. The predicted octanol–water partition coefficient (Wildman–Crippen LogP) is 3.95. The van der Waals surface area contributed by atoms with Gasteiger partial charge in [-0.25, -0.2) is 4.39 Å². The van der Waals surface area contributed by atoms with Crippen LogP contribution in [0.1, 0.15) is 12.0 Å².